The van der Waals surface area contributed by atoms with E-state index >= 15 is 0 Å². The molecule has 3 aromatic rings. The lowest BCUT2D eigenvalue weighted by Crippen LogP contribution is -2.54. The third kappa shape index (κ3) is 4.65. The van der Waals surface area contributed by atoms with Gasteiger partial charge < -0.3 is 25.4 Å². The van der Waals surface area contributed by atoms with Gasteiger partial charge in [0.1, 0.15) is 11.8 Å². The van der Waals surface area contributed by atoms with E-state index in [1.54, 1.807) is 40.9 Å². The number of aliphatic hydroxyl groups is 1. The maximum atomic E-state index is 14.2. The summed E-state index contributed by atoms with van der Waals surface area (Å²) in [5, 5.41) is 18.4. The van der Waals surface area contributed by atoms with Crippen LogP contribution in [0.4, 0.5) is 11.4 Å². The van der Waals surface area contributed by atoms with E-state index in [0.29, 0.717) is 30.8 Å². The Kier molecular flexibility index (Phi) is 7.42. The van der Waals surface area contributed by atoms with E-state index in [2.05, 4.69) is 10.6 Å². The van der Waals surface area contributed by atoms with Gasteiger partial charge in [-0.3, -0.25) is 14.4 Å². The van der Waals surface area contributed by atoms with Gasteiger partial charge in [-0.2, -0.15) is 0 Å². The summed E-state index contributed by atoms with van der Waals surface area (Å²) in [6.07, 6.45) is 1.92. The Morgan fingerprint density at radius 3 is 2.44 bits per heavy atom. The predicted octanol–water partition coefficient (Wildman–Crippen LogP) is 4.68. The zero-order chi connectivity index (χ0) is 28.7. The van der Waals surface area contributed by atoms with Crippen LogP contribution in [-0.2, 0) is 14.4 Å². The summed E-state index contributed by atoms with van der Waals surface area (Å²) in [6, 6.07) is 19.6. The number of hydrogen-bond acceptors (Lipinski definition) is 6. The summed E-state index contributed by atoms with van der Waals surface area (Å²) in [4.78, 5) is 43.6. The molecule has 3 aromatic carbocycles. The standard InChI is InChI=1S/C32H35N3O5S/c1-3-23(18-36)35-28(30(38)34-22-10-9-19-7-5-6-8-20(19)17-22)32-16-15-25(41-32)26(27(32)31(35)39)29(37)33-21-11-13-24(14-12-21)40-4-2/h5-14,17,23,25-28,36H,3-4,15-16,18H2,1-2H3,(H,33,37)(H,34,38)/t23-,25-,26+,27-,28?,32?/m0/s1. The highest BCUT2D eigenvalue weighted by Crippen LogP contribution is 2.66. The van der Waals surface area contributed by atoms with Gasteiger partial charge in [0, 0.05) is 16.6 Å². The molecule has 3 saturated heterocycles. The average Bonchev–Trinajstić information content (AvgIpc) is 3.62. The van der Waals surface area contributed by atoms with E-state index in [1.165, 1.54) is 0 Å². The highest BCUT2D eigenvalue weighted by molar-refractivity contribution is 8.02. The van der Waals surface area contributed by atoms with Gasteiger partial charge in [0.15, 0.2) is 0 Å². The quantitative estimate of drug-likeness (QED) is 0.343. The number of thioether (sulfide) groups is 1. The molecule has 0 aromatic heterocycles. The lowest BCUT2D eigenvalue weighted by atomic mass is 9.70. The van der Waals surface area contributed by atoms with E-state index in [1.807, 2.05) is 56.3 Å². The second kappa shape index (κ2) is 11.0. The first kappa shape index (κ1) is 27.6. The number of benzene rings is 3. The molecule has 41 heavy (non-hydrogen) atoms. The lowest BCUT2D eigenvalue weighted by molar-refractivity contribution is -0.141. The molecule has 3 aliphatic heterocycles. The van der Waals surface area contributed by atoms with Crippen LogP contribution in [0.1, 0.15) is 33.1 Å². The van der Waals surface area contributed by atoms with Gasteiger partial charge in [0.05, 0.1) is 35.8 Å². The van der Waals surface area contributed by atoms with Crippen molar-refractivity contribution in [3.05, 3.63) is 66.7 Å². The fourth-order valence-corrected chi connectivity index (χ4v) is 9.21. The first-order valence-electron chi connectivity index (χ1n) is 14.3. The summed E-state index contributed by atoms with van der Waals surface area (Å²) >= 11 is 1.62. The number of rotatable bonds is 9. The molecular formula is C32H35N3O5S. The predicted molar refractivity (Wildman–Crippen MR) is 161 cm³/mol. The molecule has 214 valence electrons. The first-order chi connectivity index (χ1) is 19.9. The molecule has 3 heterocycles. The monoisotopic (exact) mass is 573 g/mol. The molecule has 3 amide bonds. The van der Waals surface area contributed by atoms with Crippen molar-refractivity contribution in [2.75, 3.05) is 23.8 Å². The Labute approximate surface area is 243 Å². The Balaban J connectivity index is 1.30. The molecule has 1 spiro atoms. The number of aliphatic hydroxyl groups excluding tert-OH is 1. The molecule has 3 fully saturated rings. The SMILES string of the molecule is CCOc1ccc(NC(=O)[C@@H]2[C@@H]3CCC4(S3)C(C(=O)Nc3ccc5ccccc5c3)N([C@@H](CC)CO)C(=O)[C@H]24)cc1. The van der Waals surface area contributed by atoms with Crippen LogP contribution in [0.15, 0.2) is 66.7 Å². The van der Waals surface area contributed by atoms with Gasteiger partial charge in [-0.15, -0.1) is 11.8 Å². The number of ether oxygens (including phenoxy) is 1. The van der Waals surface area contributed by atoms with Crippen molar-refractivity contribution in [2.24, 2.45) is 11.8 Å². The number of fused-ring (bicyclic) bond motifs is 2. The molecular weight excluding hydrogens is 538 g/mol. The van der Waals surface area contributed by atoms with Crippen molar-refractivity contribution in [2.45, 2.75) is 55.2 Å². The number of hydrogen-bond donors (Lipinski definition) is 3. The van der Waals surface area contributed by atoms with Crippen LogP contribution in [0.25, 0.3) is 10.8 Å². The molecule has 0 saturated carbocycles. The van der Waals surface area contributed by atoms with Crippen LogP contribution >= 0.6 is 11.8 Å². The van der Waals surface area contributed by atoms with E-state index in [-0.39, 0.29) is 29.6 Å². The van der Waals surface area contributed by atoms with Gasteiger partial charge in [-0.05, 0) is 73.4 Å². The van der Waals surface area contributed by atoms with Crippen molar-refractivity contribution in [3.8, 4) is 5.75 Å². The van der Waals surface area contributed by atoms with E-state index in [4.69, 9.17) is 4.74 Å². The fourth-order valence-electron chi connectivity index (χ4n) is 7.00. The van der Waals surface area contributed by atoms with Gasteiger partial charge in [0.2, 0.25) is 17.7 Å². The van der Waals surface area contributed by atoms with Crippen LogP contribution in [0.3, 0.4) is 0 Å². The molecule has 8 nitrogen and oxygen atoms in total. The second-order valence-electron chi connectivity index (χ2n) is 11.0. The number of carbonyl (C=O) groups is 3. The van der Waals surface area contributed by atoms with Crippen LogP contribution in [0.2, 0.25) is 0 Å². The maximum Gasteiger partial charge on any atom is 0.248 e. The molecule has 6 rings (SSSR count). The van der Waals surface area contributed by atoms with Gasteiger partial charge in [0.25, 0.3) is 0 Å². The van der Waals surface area contributed by atoms with Crippen LogP contribution in [0, 0.1) is 11.8 Å². The summed E-state index contributed by atoms with van der Waals surface area (Å²) < 4.78 is 4.77. The van der Waals surface area contributed by atoms with E-state index < -0.39 is 28.7 Å². The van der Waals surface area contributed by atoms with Crippen LogP contribution in [-0.4, -0.2) is 63.0 Å². The first-order valence-corrected chi connectivity index (χ1v) is 15.2. The number of nitrogens with zero attached hydrogens (tertiary/aromatic N) is 1. The zero-order valence-corrected chi connectivity index (χ0v) is 24.0. The third-order valence-electron chi connectivity index (χ3n) is 8.81. The zero-order valence-electron chi connectivity index (χ0n) is 23.2. The summed E-state index contributed by atoms with van der Waals surface area (Å²) in [5.74, 6) is -1.18. The third-order valence-corrected chi connectivity index (χ3v) is 10.8. The van der Waals surface area contributed by atoms with E-state index in [0.717, 1.165) is 22.9 Å². The summed E-state index contributed by atoms with van der Waals surface area (Å²) in [6.45, 7) is 4.12. The number of carbonyl (C=O) groups excluding carboxylic acids is 3. The molecule has 3 N–H and O–H groups in total. The Morgan fingerprint density at radius 2 is 1.73 bits per heavy atom. The Bertz CT molecular complexity index is 1480. The number of nitrogens with one attached hydrogen (secondary N) is 2. The minimum absolute atomic E-state index is 0.0565. The number of amides is 3. The fraction of sp³-hybridized carbons (Fsp3) is 0.406. The van der Waals surface area contributed by atoms with Crippen LogP contribution < -0.4 is 15.4 Å². The van der Waals surface area contributed by atoms with E-state index in [9.17, 15) is 19.5 Å². The molecule has 3 aliphatic rings. The smallest absolute Gasteiger partial charge is 0.248 e. The highest BCUT2D eigenvalue weighted by Gasteiger charge is 2.74. The minimum Gasteiger partial charge on any atom is -0.494 e. The van der Waals surface area contributed by atoms with Crippen molar-refractivity contribution in [3.63, 3.8) is 0 Å². The summed E-state index contributed by atoms with van der Waals surface area (Å²) in [7, 11) is 0. The Hall–Kier alpha value is -3.56. The summed E-state index contributed by atoms with van der Waals surface area (Å²) in [5.41, 5.74) is 1.29. The number of anilines is 2. The van der Waals surface area contributed by atoms with Gasteiger partial charge >= 0.3 is 0 Å². The Morgan fingerprint density at radius 1 is 1.02 bits per heavy atom. The van der Waals surface area contributed by atoms with Crippen molar-refractivity contribution < 1.29 is 24.2 Å². The molecule has 6 atom stereocenters. The van der Waals surface area contributed by atoms with Crippen molar-refractivity contribution in [1.82, 2.24) is 4.90 Å². The lowest BCUT2D eigenvalue weighted by Gasteiger charge is -2.36. The number of likely N-dealkylation sites (tertiary alicyclic amines) is 1. The molecule has 2 unspecified atom stereocenters. The minimum atomic E-state index is -0.790. The van der Waals surface area contributed by atoms with Gasteiger partial charge in [-0.1, -0.05) is 37.3 Å². The topological polar surface area (TPSA) is 108 Å². The maximum absolute atomic E-state index is 14.2. The van der Waals surface area contributed by atoms with Crippen molar-refractivity contribution in [1.29, 1.82) is 0 Å². The average molecular weight is 574 g/mol. The molecule has 9 heteroatoms. The molecule has 0 radical (unpaired) electrons. The van der Waals surface area contributed by atoms with Crippen molar-refractivity contribution >= 4 is 51.6 Å². The molecule has 2 bridgehead atoms. The largest absolute Gasteiger partial charge is 0.494 e. The van der Waals surface area contributed by atoms with Crippen LogP contribution in [0.5, 0.6) is 5.75 Å². The second-order valence-corrected chi connectivity index (χ2v) is 12.6. The molecule has 0 aliphatic carbocycles. The normalized spacial score (nSPS) is 27.1. The van der Waals surface area contributed by atoms with Gasteiger partial charge in [-0.25, -0.2) is 0 Å². The highest BCUT2D eigenvalue weighted by atomic mass is 32.2.